The Hall–Kier alpha value is -1.26. The summed E-state index contributed by atoms with van der Waals surface area (Å²) in [5.74, 6) is 0.836. The van der Waals surface area contributed by atoms with E-state index in [1.54, 1.807) is 6.07 Å². The van der Waals surface area contributed by atoms with Gasteiger partial charge in [-0.3, -0.25) is 0 Å². The molecule has 0 aliphatic rings. The summed E-state index contributed by atoms with van der Waals surface area (Å²) < 4.78 is 0. The molecular weight excluding hydrogens is 266 g/mol. The van der Waals surface area contributed by atoms with Gasteiger partial charge in [-0.05, 0) is 11.8 Å². The van der Waals surface area contributed by atoms with Crippen LogP contribution in [0.4, 0.5) is 5.82 Å². The van der Waals surface area contributed by atoms with Crippen molar-refractivity contribution >= 4 is 29.2 Å². The quantitative estimate of drug-likeness (QED) is 0.487. The molecule has 0 radical (unpaired) electrons. The largest absolute Gasteiger partial charge is 0.355 e. The van der Waals surface area contributed by atoms with Gasteiger partial charge in [-0.2, -0.15) is 0 Å². The van der Waals surface area contributed by atoms with E-state index in [9.17, 15) is 0 Å². The lowest BCUT2D eigenvalue weighted by Gasteiger charge is -2.18. The summed E-state index contributed by atoms with van der Waals surface area (Å²) >= 11 is 7.47. The minimum Gasteiger partial charge on any atom is -0.355 e. The zero-order valence-corrected chi connectivity index (χ0v) is 11.9. The first-order chi connectivity index (χ1) is 8.69. The molecule has 0 unspecified atom stereocenters. The van der Waals surface area contributed by atoms with E-state index in [1.165, 1.54) is 17.3 Å². The van der Waals surface area contributed by atoms with Crippen molar-refractivity contribution in [2.75, 3.05) is 18.2 Å². The molecule has 0 saturated carbocycles. The van der Waals surface area contributed by atoms with Crippen LogP contribution in [0, 0.1) is 0 Å². The molecule has 0 N–H and O–H groups in total. The van der Waals surface area contributed by atoms with Crippen LogP contribution in [0.1, 0.15) is 5.56 Å². The molecule has 1 aromatic carbocycles. The topological polar surface area (TPSA) is 29.0 Å². The highest BCUT2D eigenvalue weighted by molar-refractivity contribution is 7.98. The van der Waals surface area contributed by atoms with Crippen LogP contribution >= 0.6 is 23.4 Å². The van der Waals surface area contributed by atoms with E-state index in [4.69, 9.17) is 11.6 Å². The maximum atomic E-state index is 5.98. The molecule has 18 heavy (non-hydrogen) atoms. The molecule has 0 atom stereocenters. The van der Waals surface area contributed by atoms with Crippen molar-refractivity contribution in [2.24, 2.45) is 0 Å². The summed E-state index contributed by atoms with van der Waals surface area (Å²) in [4.78, 5) is 10.6. The summed E-state index contributed by atoms with van der Waals surface area (Å²) in [6.07, 6.45) is 1.94. The van der Waals surface area contributed by atoms with Gasteiger partial charge in [-0.25, -0.2) is 9.97 Å². The van der Waals surface area contributed by atoms with Gasteiger partial charge >= 0.3 is 0 Å². The minimum absolute atomic E-state index is 0.476. The first-order valence-corrected chi connectivity index (χ1v) is 7.13. The number of rotatable bonds is 4. The zero-order chi connectivity index (χ0) is 13.0. The highest BCUT2D eigenvalue weighted by atomic mass is 35.5. The third kappa shape index (κ3) is 3.37. The molecule has 5 heteroatoms. The van der Waals surface area contributed by atoms with E-state index in [2.05, 4.69) is 27.0 Å². The molecular formula is C13H14ClN3S. The van der Waals surface area contributed by atoms with Gasteiger partial charge in [0.05, 0.1) is 0 Å². The van der Waals surface area contributed by atoms with Crippen LogP contribution in [0.2, 0.25) is 5.15 Å². The van der Waals surface area contributed by atoms with E-state index >= 15 is 0 Å². The Kier molecular flexibility index (Phi) is 4.44. The third-order valence-corrected chi connectivity index (χ3v) is 3.24. The lowest BCUT2D eigenvalue weighted by molar-refractivity contribution is 0.857. The van der Waals surface area contributed by atoms with Crippen LogP contribution in [-0.4, -0.2) is 23.3 Å². The molecule has 1 aromatic heterocycles. The average molecular weight is 280 g/mol. The van der Waals surface area contributed by atoms with Crippen molar-refractivity contribution in [1.82, 2.24) is 9.97 Å². The number of anilines is 1. The summed E-state index contributed by atoms with van der Waals surface area (Å²) in [5, 5.41) is 1.17. The SMILES string of the molecule is CSc1nc(Cl)cc(N(C)Cc2ccccc2)n1. The fraction of sp³-hybridized carbons (Fsp3) is 0.231. The van der Waals surface area contributed by atoms with E-state index in [0.29, 0.717) is 10.3 Å². The first kappa shape index (κ1) is 13.2. The summed E-state index contributed by atoms with van der Waals surface area (Å²) in [7, 11) is 2.00. The number of nitrogens with zero attached hydrogens (tertiary/aromatic N) is 3. The number of halogens is 1. The fourth-order valence-corrected chi connectivity index (χ4v) is 2.21. The van der Waals surface area contributed by atoms with Gasteiger partial charge in [-0.1, -0.05) is 53.7 Å². The number of thioether (sulfide) groups is 1. The smallest absolute Gasteiger partial charge is 0.190 e. The maximum absolute atomic E-state index is 5.98. The Morgan fingerprint density at radius 3 is 2.61 bits per heavy atom. The second-order valence-electron chi connectivity index (χ2n) is 3.88. The number of hydrogen-bond donors (Lipinski definition) is 0. The molecule has 0 fully saturated rings. The molecule has 2 aromatic rings. The Balaban J connectivity index is 2.18. The maximum Gasteiger partial charge on any atom is 0.190 e. The van der Waals surface area contributed by atoms with E-state index < -0.39 is 0 Å². The molecule has 0 aliphatic carbocycles. The molecule has 0 aliphatic heterocycles. The van der Waals surface area contributed by atoms with Gasteiger partial charge in [0.15, 0.2) is 5.16 Å². The van der Waals surface area contributed by atoms with E-state index in [1.807, 2.05) is 31.5 Å². The number of aromatic nitrogens is 2. The summed E-state index contributed by atoms with van der Waals surface area (Å²) in [5.41, 5.74) is 1.24. The summed E-state index contributed by atoms with van der Waals surface area (Å²) in [6, 6.07) is 12.0. The lowest BCUT2D eigenvalue weighted by Crippen LogP contribution is -2.18. The predicted octanol–water partition coefficient (Wildman–Crippen LogP) is 3.49. The van der Waals surface area contributed by atoms with Gasteiger partial charge in [-0.15, -0.1) is 0 Å². The molecule has 0 spiro atoms. The van der Waals surface area contributed by atoms with E-state index in [-0.39, 0.29) is 0 Å². The molecule has 0 amide bonds. The second-order valence-corrected chi connectivity index (χ2v) is 5.04. The van der Waals surface area contributed by atoms with Crippen LogP contribution in [0.15, 0.2) is 41.6 Å². The van der Waals surface area contributed by atoms with Crippen LogP contribution < -0.4 is 4.90 Å². The molecule has 1 heterocycles. The molecule has 0 saturated heterocycles. The van der Waals surface area contributed by atoms with Crippen molar-refractivity contribution in [1.29, 1.82) is 0 Å². The van der Waals surface area contributed by atoms with Crippen molar-refractivity contribution in [3.8, 4) is 0 Å². The van der Waals surface area contributed by atoms with Crippen molar-refractivity contribution in [2.45, 2.75) is 11.7 Å². The van der Waals surface area contributed by atoms with Crippen LogP contribution in [0.25, 0.3) is 0 Å². The first-order valence-electron chi connectivity index (χ1n) is 5.52. The van der Waals surface area contributed by atoms with Crippen LogP contribution in [0.5, 0.6) is 0 Å². The van der Waals surface area contributed by atoms with E-state index in [0.717, 1.165) is 12.4 Å². The Labute approximate surface area is 116 Å². The van der Waals surface area contributed by atoms with Gasteiger partial charge in [0, 0.05) is 19.7 Å². The number of benzene rings is 1. The van der Waals surface area contributed by atoms with Gasteiger partial charge in [0.25, 0.3) is 0 Å². The highest BCUT2D eigenvalue weighted by Gasteiger charge is 2.07. The van der Waals surface area contributed by atoms with Crippen LogP contribution in [0.3, 0.4) is 0 Å². The molecule has 2 rings (SSSR count). The molecule has 3 nitrogen and oxygen atoms in total. The monoisotopic (exact) mass is 279 g/mol. The average Bonchev–Trinajstić information content (AvgIpc) is 2.39. The highest BCUT2D eigenvalue weighted by Crippen LogP contribution is 2.20. The Morgan fingerprint density at radius 2 is 1.94 bits per heavy atom. The normalized spacial score (nSPS) is 10.4. The standard InChI is InChI=1S/C13H14ClN3S/c1-17(9-10-6-4-3-5-7-10)12-8-11(14)15-13(16-12)18-2/h3-8H,9H2,1-2H3. The second kappa shape index (κ2) is 6.07. The van der Waals surface area contributed by atoms with Crippen molar-refractivity contribution in [3.63, 3.8) is 0 Å². The Morgan fingerprint density at radius 1 is 1.22 bits per heavy atom. The lowest BCUT2D eigenvalue weighted by atomic mass is 10.2. The summed E-state index contributed by atoms with van der Waals surface area (Å²) in [6.45, 7) is 0.794. The van der Waals surface area contributed by atoms with Crippen molar-refractivity contribution in [3.05, 3.63) is 47.1 Å². The third-order valence-electron chi connectivity index (χ3n) is 2.50. The number of hydrogen-bond acceptors (Lipinski definition) is 4. The van der Waals surface area contributed by atoms with Crippen molar-refractivity contribution < 1.29 is 0 Å². The van der Waals surface area contributed by atoms with Gasteiger partial charge < -0.3 is 4.90 Å². The van der Waals surface area contributed by atoms with Gasteiger partial charge in [0.2, 0.25) is 0 Å². The predicted molar refractivity (Wildman–Crippen MR) is 77.4 cm³/mol. The minimum atomic E-state index is 0.476. The van der Waals surface area contributed by atoms with Crippen LogP contribution in [-0.2, 0) is 6.54 Å². The zero-order valence-electron chi connectivity index (χ0n) is 10.3. The van der Waals surface area contributed by atoms with Gasteiger partial charge in [0.1, 0.15) is 11.0 Å². The fourth-order valence-electron chi connectivity index (χ4n) is 1.61. The Bertz CT molecular complexity index is 519. The molecule has 94 valence electrons. The molecule has 0 bridgehead atoms.